The summed E-state index contributed by atoms with van der Waals surface area (Å²) in [6, 6.07) is 3.92. The quantitative estimate of drug-likeness (QED) is 0.565. The molecule has 0 saturated carbocycles. The standard InChI is InChI=1S/C14H17ClN4O6/c15-11-2-1-10(7-12(11)19(22)23)24-8-13(20)17-18-5-3-9(4-6-18)25-14(16)21/h1-2,7,9H,3-6,8H2,(H2,16,21)(H,17,20). The molecule has 25 heavy (non-hydrogen) atoms. The summed E-state index contributed by atoms with van der Waals surface area (Å²) in [6.45, 7) is 0.683. The maximum absolute atomic E-state index is 11.9. The number of hydrazine groups is 1. The molecule has 0 unspecified atom stereocenters. The maximum Gasteiger partial charge on any atom is 0.404 e. The molecule has 11 heteroatoms. The van der Waals surface area contributed by atoms with Crippen LogP contribution in [-0.4, -0.2) is 47.7 Å². The number of carbonyl (C=O) groups excluding carboxylic acids is 2. The van der Waals surface area contributed by atoms with Gasteiger partial charge in [-0.25, -0.2) is 9.80 Å². The number of nitrogens with one attached hydrogen (secondary N) is 1. The van der Waals surface area contributed by atoms with Crippen LogP contribution in [0.25, 0.3) is 0 Å². The number of benzene rings is 1. The van der Waals surface area contributed by atoms with Crippen molar-refractivity contribution in [2.75, 3.05) is 19.7 Å². The molecule has 2 rings (SSSR count). The third kappa shape index (κ3) is 5.76. The van der Waals surface area contributed by atoms with Crippen molar-refractivity contribution in [1.82, 2.24) is 10.4 Å². The average Bonchev–Trinajstić information content (AvgIpc) is 2.55. The van der Waals surface area contributed by atoms with E-state index in [4.69, 9.17) is 26.8 Å². The van der Waals surface area contributed by atoms with Gasteiger partial charge in [0.05, 0.1) is 11.0 Å². The van der Waals surface area contributed by atoms with Gasteiger partial charge in [-0.2, -0.15) is 0 Å². The summed E-state index contributed by atoms with van der Waals surface area (Å²) in [6.07, 6.45) is 0.0328. The number of piperidine rings is 1. The number of hydrogen-bond acceptors (Lipinski definition) is 7. The molecule has 1 aromatic carbocycles. The molecule has 1 fully saturated rings. The summed E-state index contributed by atoms with van der Waals surface area (Å²) in [5.74, 6) is -0.244. The van der Waals surface area contributed by atoms with Gasteiger partial charge in [-0.05, 0) is 25.0 Å². The van der Waals surface area contributed by atoms with Crippen molar-refractivity contribution in [3.05, 3.63) is 33.3 Å². The second-order valence-electron chi connectivity index (χ2n) is 5.32. The summed E-state index contributed by atoms with van der Waals surface area (Å²) in [4.78, 5) is 32.7. The largest absolute Gasteiger partial charge is 0.483 e. The molecule has 1 aliphatic rings. The average molecular weight is 373 g/mol. The molecule has 0 spiro atoms. The van der Waals surface area contributed by atoms with Gasteiger partial charge in [0.1, 0.15) is 16.9 Å². The molecular formula is C14H17ClN4O6. The van der Waals surface area contributed by atoms with Gasteiger partial charge in [0, 0.05) is 13.1 Å². The number of nitrogens with zero attached hydrogens (tertiary/aromatic N) is 2. The predicted molar refractivity (Wildman–Crippen MR) is 87.0 cm³/mol. The Morgan fingerprint density at radius 3 is 2.68 bits per heavy atom. The Labute approximate surface area is 147 Å². The van der Waals surface area contributed by atoms with Crippen molar-refractivity contribution in [3.8, 4) is 5.75 Å². The first-order valence-corrected chi connectivity index (χ1v) is 7.80. The predicted octanol–water partition coefficient (Wildman–Crippen LogP) is 1.22. The zero-order chi connectivity index (χ0) is 18.4. The maximum atomic E-state index is 11.9. The number of carbonyl (C=O) groups is 2. The van der Waals surface area contributed by atoms with Gasteiger partial charge in [-0.1, -0.05) is 11.6 Å². The van der Waals surface area contributed by atoms with Crippen LogP contribution in [0.15, 0.2) is 18.2 Å². The number of nitro groups is 1. The molecule has 10 nitrogen and oxygen atoms in total. The zero-order valence-corrected chi connectivity index (χ0v) is 13.9. The van der Waals surface area contributed by atoms with E-state index >= 15 is 0 Å². The summed E-state index contributed by atoms with van der Waals surface area (Å²) >= 11 is 5.70. The van der Waals surface area contributed by atoms with Crippen LogP contribution in [0.2, 0.25) is 5.02 Å². The van der Waals surface area contributed by atoms with Crippen LogP contribution < -0.4 is 15.9 Å². The van der Waals surface area contributed by atoms with Crippen LogP contribution in [-0.2, 0) is 9.53 Å². The fourth-order valence-corrected chi connectivity index (χ4v) is 2.52. The van der Waals surface area contributed by atoms with Crippen LogP contribution in [0.1, 0.15) is 12.8 Å². The monoisotopic (exact) mass is 372 g/mol. The van der Waals surface area contributed by atoms with E-state index < -0.39 is 16.9 Å². The van der Waals surface area contributed by atoms with Crippen molar-refractivity contribution in [3.63, 3.8) is 0 Å². The molecule has 0 bridgehead atoms. The van der Waals surface area contributed by atoms with Crippen LogP contribution in [0.5, 0.6) is 5.75 Å². The van der Waals surface area contributed by atoms with E-state index in [0.29, 0.717) is 25.9 Å². The fourth-order valence-electron chi connectivity index (χ4n) is 2.33. The minimum absolute atomic E-state index is 0.0112. The lowest BCUT2D eigenvalue weighted by Crippen LogP contribution is -2.49. The Hall–Kier alpha value is -2.59. The Bertz CT molecular complexity index is 663. The van der Waals surface area contributed by atoms with E-state index in [0.717, 1.165) is 6.07 Å². The van der Waals surface area contributed by atoms with E-state index in [1.165, 1.54) is 12.1 Å². The van der Waals surface area contributed by atoms with Crippen LogP contribution >= 0.6 is 11.6 Å². The molecule has 0 aliphatic carbocycles. The third-order valence-corrected chi connectivity index (χ3v) is 3.81. The molecule has 0 atom stereocenters. The topological polar surface area (TPSA) is 137 Å². The highest BCUT2D eigenvalue weighted by molar-refractivity contribution is 6.32. The Balaban J connectivity index is 1.77. The van der Waals surface area contributed by atoms with Gasteiger partial charge >= 0.3 is 6.09 Å². The number of ether oxygens (including phenoxy) is 2. The van der Waals surface area contributed by atoms with Gasteiger partial charge in [-0.3, -0.25) is 20.3 Å². The lowest BCUT2D eigenvalue weighted by molar-refractivity contribution is -0.384. The Morgan fingerprint density at radius 1 is 1.40 bits per heavy atom. The third-order valence-electron chi connectivity index (χ3n) is 3.49. The molecule has 0 radical (unpaired) electrons. The van der Waals surface area contributed by atoms with Gasteiger partial charge in [0.15, 0.2) is 6.61 Å². The molecule has 1 aromatic rings. The molecular weight excluding hydrogens is 356 g/mol. The second kappa shape index (κ2) is 8.49. The lowest BCUT2D eigenvalue weighted by Gasteiger charge is -2.31. The SMILES string of the molecule is NC(=O)OC1CCN(NC(=O)COc2ccc(Cl)c([N+](=O)[O-])c2)CC1. The van der Waals surface area contributed by atoms with Gasteiger partial charge in [0.25, 0.3) is 11.6 Å². The van der Waals surface area contributed by atoms with Gasteiger partial charge in [0.2, 0.25) is 0 Å². The second-order valence-corrected chi connectivity index (χ2v) is 5.72. The van der Waals surface area contributed by atoms with Crippen LogP contribution in [0.3, 0.4) is 0 Å². The number of nitro benzene ring substituents is 1. The first-order chi connectivity index (χ1) is 11.8. The van der Waals surface area contributed by atoms with E-state index in [1.807, 2.05) is 0 Å². The van der Waals surface area contributed by atoms with E-state index in [9.17, 15) is 19.7 Å². The minimum Gasteiger partial charge on any atom is -0.483 e. The van der Waals surface area contributed by atoms with Crippen molar-refractivity contribution < 1.29 is 24.0 Å². The van der Waals surface area contributed by atoms with E-state index in [1.54, 1.807) is 5.01 Å². The number of nitrogens with two attached hydrogens (primary N) is 1. The Morgan fingerprint density at radius 2 is 2.08 bits per heavy atom. The fraction of sp³-hybridized carbons (Fsp3) is 0.429. The van der Waals surface area contributed by atoms with E-state index in [2.05, 4.69) is 5.43 Å². The summed E-state index contributed by atoms with van der Waals surface area (Å²) in [5, 5.41) is 12.5. The Kier molecular flexibility index (Phi) is 6.37. The summed E-state index contributed by atoms with van der Waals surface area (Å²) < 4.78 is 10.1. The number of amides is 2. The molecule has 1 aliphatic heterocycles. The van der Waals surface area contributed by atoms with Crippen molar-refractivity contribution in [1.29, 1.82) is 0 Å². The van der Waals surface area contributed by atoms with Gasteiger partial charge in [-0.15, -0.1) is 0 Å². The van der Waals surface area contributed by atoms with Crippen molar-refractivity contribution in [2.45, 2.75) is 18.9 Å². The zero-order valence-electron chi connectivity index (χ0n) is 13.1. The normalized spacial score (nSPS) is 15.4. The highest BCUT2D eigenvalue weighted by Gasteiger charge is 2.22. The number of halogens is 1. The number of hydrogen-bond donors (Lipinski definition) is 2. The van der Waals surface area contributed by atoms with E-state index in [-0.39, 0.29) is 29.2 Å². The minimum atomic E-state index is -0.812. The molecule has 136 valence electrons. The lowest BCUT2D eigenvalue weighted by atomic mass is 10.1. The first-order valence-electron chi connectivity index (χ1n) is 7.42. The molecule has 0 aromatic heterocycles. The number of primary amides is 1. The summed E-state index contributed by atoms with van der Waals surface area (Å²) in [7, 11) is 0. The highest BCUT2D eigenvalue weighted by atomic mass is 35.5. The van der Waals surface area contributed by atoms with Crippen molar-refractivity contribution >= 4 is 29.3 Å². The van der Waals surface area contributed by atoms with Crippen molar-refractivity contribution in [2.24, 2.45) is 5.73 Å². The molecule has 3 N–H and O–H groups in total. The van der Waals surface area contributed by atoms with Crippen LogP contribution in [0.4, 0.5) is 10.5 Å². The smallest absolute Gasteiger partial charge is 0.404 e. The molecule has 1 saturated heterocycles. The highest BCUT2D eigenvalue weighted by Crippen LogP contribution is 2.28. The van der Waals surface area contributed by atoms with Crippen LogP contribution in [0, 0.1) is 10.1 Å². The molecule has 1 heterocycles. The first kappa shape index (κ1) is 18.7. The number of rotatable bonds is 6. The van der Waals surface area contributed by atoms with Gasteiger partial charge < -0.3 is 15.2 Å². The molecule has 2 amide bonds. The summed E-state index contributed by atoms with van der Waals surface area (Å²) in [5.41, 5.74) is 7.31.